The summed E-state index contributed by atoms with van der Waals surface area (Å²) in [4.78, 5) is 22.2. The van der Waals surface area contributed by atoms with E-state index in [9.17, 15) is 9.59 Å². The number of amides is 1. The number of carboxylic acids is 1. The summed E-state index contributed by atoms with van der Waals surface area (Å²) in [5.74, 6) is -1.52. The molecule has 7 heteroatoms. The largest absolute Gasteiger partial charge is 0.480 e. The van der Waals surface area contributed by atoms with Crippen LogP contribution in [0.5, 0.6) is 0 Å². The average Bonchev–Trinajstić information content (AvgIpc) is 2.60. The molecule has 1 atom stereocenters. The Morgan fingerprint density at radius 2 is 2.40 bits per heavy atom. The molecule has 1 amide bonds. The molecule has 15 heavy (non-hydrogen) atoms. The third-order valence-corrected chi connectivity index (χ3v) is 3.29. The highest BCUT2D eigenvalue weighted by Gasteiger charge is 2.21. The fourth-order valence-corrected chi connectivity index (χ4v) is 2.12. The van der Waals surface area contributed by atoms with Gasteiger partial charge in [0, 0.05) is 5.38 Å². The van der Waals surface area contributed by atoms with Crippen LogP contribution in [0.1, 0.15) is 23.8 Å². The van der Waals surface area contributed by atoms with Gasteiger partial charge in [-0.1, -0.05) is 6.92 Å². The van der Waals surface area contributed by atoms with Crippen LogP contribution in [0.25, 0.3) is 0 Å². The van der Waals surface area contributed by atoms with Crippen molar-refractivity contribution in [1.29, 1.82) is 0 Å². The van der Waals surface area contributed by atoms with Gasteiger partial charge < -0.3 is 10.4 Å². The average molecular weight is 293 g/mol. The van der Waals surface area contributed by atoms with Crippen LogP contribution in [0.15, 0.2) is 9.85 Å². The van der Waals surface area contributed by atoms with E-state index < -0.39 is 17.9 Å². The summed E-state index contributed by atoms with van der Waals surface area (Å²) in [7, 11) is 0. The molecule has 0 aromatic carbocycles. The standard InChI is InChI=1S/C8H9BrN2O3S/c1-2-5(8(13)14)10-7(12)6-4(9)3-15-11-6/h3,5H,2H2,1H3,(H,10,12)(H,13,14). The van der Waals surface area contributed by atoms with Crippen molar-refractivity contribution >= 4 is 39.3 Å². The molecule has 5 nitrogen and oxygen atoms in total. The lowest BCUT2D eigenvalue weighted by Crippen LogP contribution is -2.40. The minimum absolute atomic E-state index is 0.222. The third kappa shape index (κ3) is 3.00. The van der Waals surface area contributed by atoms with E-state index in [-0.39, 0.29) is 5.69 Å². The van der Waals surface area contributed by atoms with Crippen LogP contribution >= 0.6 is 27.5 Å². The molecule has 1 rings (SSSR count). The van der Waals surface area contributed by atoms with Gasteiger partial charge >= 0.3 is 5.97 Å². The second-order valence-corrected chi connectivity index (χ2v) is 4.27. The first-order chi connectivity index (χ1) is 7.06. The Balaban J connectivity index is 2.71. The molecule has 0 saturated heterocycles. The van der Waals surface area contributed by atoms with Crippen molar-refractivity contribution in [3.63, 3.8) is 0 Å². The first-order valence-electron chi connectivity index (χ1n) is 4.19. The molecule has 0 aliphatic heterocycles. The van der Waals surface area contributed by atoms with Gasteiger partial charge in [-0.25, -0.2) is 4.79 Å². The SMILES string of the molecule is CCC(NC(=O)c1nscc1Br)C(=O)O. The summed E-state index contributed by atoms with van der Waals surface area (Å²) in [6.45, 7) is 1.69. The maximum Gasteiger partial charge on any atom is 0.326 e. The van der Waals surface area contributed by atoms with Gasteiger partial charge in [0.15, 0.2) is 5.69 Å². The molecule has 1 aromatic rings. The molecule has 0 fully saturated rings. The number of hydrogen-bond acceptors (Lipinski definition) is 4. The van der Waals surface area contributed by atoms with E-state index in [0.717, 1.165) is 11.5 Å². The van der Waals surface area contributed by atoms with Crippen molar-refractivity contribution in [1.82, 2.24) is 9.69 Å². The monoisotopic (exact) mass is 292 g/mol. The fourth-order valence-electron chi connectivity index (χ4n) is 0.940. The highest BCUT2D eigenvalue weighted by atomic mass is 79.9. The number of nitrogens with one attached hydrogen (secondary N) is 1. The minimum Gasteiger partial charge on any atom is -0.480 e. The summed E-state index contributed by atoms with van der Waals surface area (Å²) in [5.41, 5.74) is 0.222. The maximum atomic E-state index is 11.5. The lowest BCUT2D eigenvalue weighted by atomic mass is 10.2. The number of rotatable bonds is 4. The van der Waals surface area contributed by atoms with Crippen LogP contribution in [-0.2, 0) is 4.79 Å². The number of nitrogens with zero attached hydrogens (tertiary/aromatic N) is 1. The van der Waals surface area contributed by atoms with E-state index in [1.165, 1.54) is 0 Å². The van der Waals surface area contributed by atoms with Crippen molar-refractivity contribution in [3.05, 3.63) is 15.5 Å². The molecular weight excluding hydrogens is 284 g/mol. The number of halogens is 1. The van der Waals surface area contributed by atoms with E-state index in [1.807, 2.05) is 0 Å². The van der Waals surface area contributed by atoms with Crippen molar-refractivity contribution in [2.75, 3.05) is 0 Å². The molecule has 0 saturated carbocycles. The Morgan fingerprint density at radius 3 is 2.80 bits per heavy atom. The fraction of sp³-hybridized carbons (Fsp3) is 0.375. The molecule has 1 aromatic heterocycles. The number of aliphatic carboxylic acids is 1. The van der Waals surface area contributed by atoms with E-state index >= 15 is 0 Å². The molecular formula is C8H9BrN2O3S. The van der Waals surface area contributed by atoms with Crippen LogP contribution in [0.4, 0.5) is 0 Å². The quantitative estimate of drug-likeness (QED) is 0.881. The van der Waals surface area contributed by atoms with Crippen molar-refractivity contribution < 1.29 is 14.7 Å². The summed E-state index contributed by atoms with van der Waals surface area (Å²) in [6, 6.07) is -0.869. The van der Waals surface area contributed by atoms with E-state index in [0.29, 0.717) is 10.9 Å². The van der Waals surface area contributed by atoms with Gasteiger partial charge in [0.1, 0.15) is 6.04 Å². The smallest absolute Gasteiger partial charge is 0.326 e. The number of aromatic nitrogens is 1. The van der Waals surface area contributed by atoms with Gasteiger partial charge in [-0.3, -0.25) is 4.79 Å². The molecule has 82 valence electrons. The zero-order valence-electron chi connectivity index (χ0n) is 7.86. The van der Waals surface area contributed by atoms with E-state index in [1.54, 1.807) is 12.3 Å². The van der Waals surface area contributed by atoms with Gasteiger partial charge in [0.25, 0.3) is 5.91 Å². The van der Waals surface area contributed by atoms with Gasteiger partial charge in [0.05, 0.1) is 4.47 Å². The zero-order valence-corrected chi connectivity index (χ0v) is 10.3. The van der Waals surface area contributed by atoms with Gasteiger partial charge in [0.2, 0.25) is 0 Å². The Hall–Kier alpha value is -0.950. The first-order valence-corrected chi connectivity index (χ1v) is 5.82. The Kier molecular flexibility index (Phi) is 4.22. The Labute approximate surface area is 98.8 Å². The van der Waals surface area contributed by atoms with Crippen LogP contribution in [0.2, 0.25) is 0 Å². The van der Waals surface area contributed by atoms with Crippen LogP contribution in [0.3, 0.4) is 0 Å². The predicted octanol–water partition coefficient (Wildman–Crippen LogP) is 1.50. The topological polar surface area (TPSA) is 79.3 Å². The number of carboxylic acid groups (broad SMARTS) is 1. The maximum absolute atomic E-state index is 11.5. The summed E-state index contributed by atoms with van der Waals surface area (Å²) in [6.07, 6.45) is 0.336. The minimum atomic E-state index is -1.04. The molecule has 1 heterocycles. The molecule has 0 radical (unpaired) electrons. The lowest BCUT2D eigenvalue weighted by Gasteiger charge is -2.10. The van der Waals surface area contributed by atoms with Crippen LogP contribution in [0, 0.1) is 0 Å². The van der Waals surface area contributed by atoms with Gasteiger partial charge in [-0.15, -0.1) is 0 Å². The summed E-state index contributed by atoms with van der Waals surface area (Å²) >= 11 is 4.29. The molecule has 2 N–H and O–H groups in total. The highest BCUT2D eigenvalue weighted by molar-refractivity contribution is 9.10. The molecule has 0 spiro atoms. The highest BCUT2D eigenvalue weighted by Crippen LogP contribution is 2.17. The number of carbonyl (C=O) groups excluding carboxylic acids is 1. The first kappa shape index (κ1) is 12.1. The summed E-state index contributed by atoms with van der Waals surface area (Å²) < 4.78 is 4.43. The lowest BCUT2D eigenvalue weighted by molar-refractivity contribution is -0.139. The van der Waals surface area contributed by atoms with Crippen LogP contribution < -0.4 is 5.32 Å². The van der Waals surface area contributed by atoms with E-state index in [4.69, 9.17) is 5.11 Å². The number of carbonyl (C=O) groups is 2. The Morgan fingerprint density at radius 1 is 1.73 bits per heavy atom. The number of hydrogen-bond donors (Lipinski definition) is 2. The second kappa shape index (κ2) is 5.22. The predicted molar refractivity (Wildman–Crippen MR) is 59.0 cm³/mol. The van der Waals surface area contributed by atoms with Gasteiger partial charge in [-0.05, 0) is 33.9 Å². The normalized spacial score (nSPS) is 12.1. The Bertz CT molecular complexity index is 380. The van der Waals surface area contributed by atoms with Gasteiger partial charge in [-0.2, -0.15) is 4.37 Å². The van der Waals surface area contributed by atoms with Crippen molar-refractivity contribution in [2.45, 2.75) is 19.4 Å². The molecule has 0 aliphatic carbocycles. The molecule has 0 aliphatic rings. The second-order valence-electron chi connectivity index (χ2n) is 2.78. The van der Waals surface area contributed by atoms with E-state index in [2.05, 4.69) is 25.6 Å². The summed E-state index contributed by atoms with van der Waals surface area (Å²) in [5, 5.41) is 12.8. The zero-order chi connectivity index (χ0) is 11.4. The molecule has 0 bridgehead atoms. The van der Waals surface area contributed by atoms with Crippen LogP contribution in [-0.4, -0.2) is 27.4 Å². The van der Waals surface area contributed by atoms with Crippen molar-refractivity contribution in [3.8, 4) is 0 Å². The molecule has 1 unspecified atom stereocenters. The van der Waals surface area contributed by atoms with Crippen molar-refractivity contribution in [2.24, 2.45) is 0 Å². The third-order valence-electron chi connectivity index (χ3n) is 1.75.